The fraction of sp³-hybridized carbons (Fsp3) is 0.400. The number of carbonyl (C=O) groups excluding carboxylic acids is 1. The average Bonchev–Trinajstić information content (AvgIpc) is 2.68. The Morgan fingerprint density at radius 3 is 2.56 bits per heavy atom. The maximum absolute atomic E-state index is 12.8. The topological polar surface area (TPSA) is 57.7 Å². The van der Waals surface area contributed by atoms with Gasteiger partial charge in [-0.05, 0) is 49.9 Å². The van der Waals surface area contributed by atoms with Crippen LogP contribution < -0.4 is 15.0 Å². The molecule has 1 fully saturated rings. The van der Waals surface area contributed by atoms with Crippen LogP contribution in [-0.4, -0.2) is 55.6 Å². The van der Waals surface area contributed by atoms with Gasteiger partial charge < -0.3 is 19.9 Å². The third-order valence-corrected chi connectivity index (χ3v) is 4.51. The van der Waals surface area contributed by atoms with E-state index in [9.17, 15) is 9.18 Å². The third-order valence-electron chi connectivity index (χ3n) is 4.51. The van der Waals surface area contributed by atoms with E-state index in [0.29, 0.717) is 31.0 Å². The van der Waals surface area contributed by atoms with Crippen molar-refractivity contribution in [2.45, 2.75) is 12.8 Å². The summed E-state index contributed by atoms with van der Waals surface area (Å²) >= 11 is 0. The molecule has 1 saturated heterocycles. The Morgan fingerprint density at radius 2 is 1.89 bits per heavy atom. The van der Waals surface area contributed by atoms with Crippen LogP contribution in [0.25, 0.3) is 0 Å². The van der Waals surface area contributed by atoms with Gasteiger partial charge in [0.2, 0.25) is 5.91 Å². The van der Waals surface area contributed by atoms with E-state index in [1.54, 1.807) is 18.3 Å². The maximum Gasteiger partial charge on any atom is 0.225 e. The van der Waals surface area contributed by atoms with E-state index >= 15 is 0 Å². The summed E-state index contributed by atoms with van der Waals surface area (Å²) in [6.07, 6.45) is 2.71. The number of rotatable bonds is 7. The molecule has 2 heterocycles. The van der Waals surface area contributed by atoms with Gasteiger partial charge >= 0.3 is 0 Å². The van der Waals surface area contributed by atoms with Gasteiger partial charge in [-0.3, -0.25) is 4.79 Å². The zero-order chi connectivity index (χ0) is 19.1. The number of nitrogens with zero attached hydrogens (tertiary/aromatic N) is 3. The standard InChI is InChI=1S/C20H25FN4O2/c1-24-10-12-25(13-11-24)17-6-9-19(22-15-17)23-20(26)3-2-14-27-18-7-4-16(21)5-8-18/h4-9,15H,2-3,10-14H2,1H3,(H,22,23,26). The number of anilines is 2. The Bertz CT molecular complexity index is 729. The fourth-order valence-electron chi connectivity index (χ4n) is 2.87. The van der Waals surface area contributed by atoms with Gasteiger partial charge in [-0.1, -0.05) is 0 Å². The van der Waals surface area contributed by atoms with Crippen LogP contribution in [0.15, 0.2) is 42.6 Å². The van der Waals surface area contributed by atoms with Crippen molar-refractivity contribution in [3.8, 4) is 5.75 Å². The summed E-state index contributed by atoms with van der Waals surface area (Å²) in [5.41, 5.74) is 1.08. The van der Waals surface area contributed by atoms with E-state index < -0.39 is 0 Å². The fourth-order valence-corrected chi connectivity index (χ4v) is 2.87. The third kappa shape index (κ3) is 5.92. The minimum Gasteiger partial charge on any atom is -0.494 e. The lowest BCUT2D eigenvalue weighted by Gasteiger charge is -2.33. The molecule has 1 N–H and O–H groups in total. The molecule has 1 aliphatic heterocycles. The Labute approximate surface area is 158 Å². The molecule has 1 amide bonds. The largest absolute Gasteiger partial charge is 0.494 e. The zero-order valence-corrected chi connectivity index (χ0v) is 15.5. The number of aromatic nitrogens is 1. The van der Waals surface area contributed by atoms with Crippen molar-refractivity contribution < 1.29 is 13.9 Å². The predicted molar refractivity (Wildman–Crippen MR) is 104 cm³/mol. The normalized spacial score (nSPS) is 14.8. The van der Waals surface area contributed by atoms with Crippen molar-refractivity contribution in [3.63, 3.8) is 0 Å². The van der Waals surface area contributed by atoms with Crippen LogP contribution in [0.1, 0.15) is 12.8 Å². The van der Waals surface area contributed by atoms with Crippen molar-refractivity contribution in [1.82, 2.24) is 9.88 Å². The van der Waals surface area contributed by atoms with Crippen LogP contribution in [0.2, 0.25) is 0 Å². The summed E-state index contributed by atoms with van der Waals surface area (Å²) in [5.74, 6) is 0.751. The molecule has 0 unspecified atom stereocenters. The number of pyridine rings is 1. The van der Waals surface area contributed by atoms with Crippen molar-refractivity contribution >= 4 is 17.4 Å². The molecule has 1 aromatic carbocycles. The predicted octanol–water partition coefficient (Wildman–Crippen LogP) is 2.77. The second-order valence-electron chi connectivity index (χ2n) is 6.65. The molecule has 1 aliphatic rings. The summed E-state index contributed by atoms with van der Waals surface area (Å²) in [6.45, 7) is 4.45. The number of ether oxygens (including phenoxy) is 1. The second kappa shape index (κ2) is 9.32. The highest BCUT2D eigenvalue weighted by atomic mass is 19.1. The first-order chi connectivity index (χ1) is 13.1. The van der Waals surface area contributed by atoms with Gasteiger partial charge in [-0.15, -0.1) is 0 Å². The first kappa shape index (κ1) is 19.1. The molecular formula is C20H25FN4O2. The van der Waals surface area contributed by atoms with Crippen LogP contribution in [0.5, 0.6) is 5.75 Å². The van der Waals surface area contributed by atoms with Gasteiger partial charge in [0.05, 0.1) is 18.5 Å². The zero-order valence-electron chi connectivity index (χ0n) is 15.5. The number of nitrogens with one attached hydrogen (secondary N) is 1. The lowest BCUT2D eigenvalue weighted by molar-refractivity contribution is -0.116. The van der Waals surface area contributed by atoms with Gasteiger partial charge in [0.25, 0.3) is 0 Å². The van der Waals surface area contributed by atoms with Crippen LogP contribution in [0.4, 0.5) is 15.9 Å². The Hall–Kier alpha value is -2.67. The van der Waals surface area contributed by atoms with E-state index in [-0.39, 0.29) is 11.7 Å². The molecule has 0 bridgehead atoms. The highest BCUT2D eigenvalue weighted by molar-refractivity contribution is 5.89. The summed E-state index contributed by atoms with van der Waals surface area (Å²) in [4.78, 5) is 21.0. The molecule has 6 nitrogen and oxygen atoms in total. The molecular weight excluding hydrogens is 347 g/mol. The summed E-state index contributed by atoms with van der Waals surface area (Å²) in [5, 5.41) is 2.80. The van der Waals surface area contributed by atoms with Crippen molar-refractivity contribution in [2.24, 2.45) is 0 Å². The quantitative estimate of drug-likeness (QED) is 0.758. The smallest absolute Gasteiger partial charge is 0.225 e. The van der Waals surface area contributed by atoms with E-state index in [0.717, 1.165) is 31.9 Å². The van der Waals surface area contributed by atoms with Crippen LogP contribution in [0, 0.1) is 5.82 Å². The van der Waals surface area contributed by atoms with Crippen molar-refractivity contribution in [1.29, 1.82) is 0 Å². The Morgan fingerprint density at radius 1 is 1.15 bits per heavy atom. The first-order valence-electron chi connectivity index (χ1n) is 9.18. The Balaban J connectivity index is 1.38. The molecule has 1 aromatic heterocycles. The second-order valence-corrected chi connectivity index (χ2v) is 6.65. The van der Waals surface area contributed by atoms with E-state index in [1.807, 2.05) is 12.1 Å². The lowest BCUT2D eigenvalue weighted by Crippen LogP contribution is -2.44. The van der Waals surface area contributed by atoms with E-state index in [1.165, 1.54) is 12.1 Å². The van der Waals surface area contributed by atoms with Crippen LogP contribution >= 0.6 is 0 Å². The maximum atomic E-state index is 12.8. The highest BCUT2D eigenvalue weighted by Gasteiger charge is 2.14. The number of likely N-dealkylation sites (N-methyl/N-ethyl adjacent to an activating group) is 1. The molecule has 3 rings (SSSR count). The van der Waals surface area contributed by atoms with Crippen LogP contribution in [0.3, 0.4) is 0 Å². The average molecular weight is 372 g/mol. The molecule has 7 heteroatoms. The molecule has 0 atom stereocenters. The van der Waals surface area contributed by atoms with Gasteiger partial charge in [0, 0.05) is 32.6 Å². The summed E-state index contributed by atoms with van der Waals surface area (Å²) in [7, 11) is 2.12. The summed E-state index contributed by atoms with van der Waals surface area (Å²) in [6, 6.07) is 9.66. The van der Waals surface area contributed by atoms with Gasteiger partial charge in [-0.25, -0.2) is 9.37 Å². The van der Waals surface area contributed by atoms with Gasteiger partial charge in [0.15, 0.2) is 0 Å². The molecule has 0 spiro atoms. The minimum absolute atomic E-state index is 0.0995. The monoisotopic (exact) mass is 372 g/mol. The number of hydrogen-bond acceptors (Lipinski definition) is 5. The van der Waals surface area contributed by atoms with Gasteiger partial charge in [0.1, 0.15) is 17.4 Å². The minimum atomic E-state index is -0.298. The van der Waals surface area contributed by atoms with E-state index in [2.05, 4.69) is 27.1 Å². The number of carbonyl (C=O) groups is 1. The molecule has 2 aromatic rings. The lowest BCUT2D eigenvalue weighted by atomic mass is 10.2. The number of piperazine rings is 1. The van der Waals surface area contributed by atoms with Crippen LogP contribution in [-0.2, 0) is 4.79 Å². The molecule has 27 heavy (non-hydrogen) atoms. The molecule has 0 radical (unpaired) electrons. The van der Waals surface area contributed by atoms with Crippen molar-refractivity contribution in [3.05, 3.63) is 48.4 Å². The highest BCUT2D eigenvalue weighted by Crippen LogP contribution is 2.17. The number of halogens is 1. The molecule has 0 aliphatic carbocycles. The van der Waals surface area contributed by atoms with E-state index in [4.69, 9.17) is 4.74 Å². The number of hydrogen-bond donors (Lipinski definition) is 1. The Kier molecular flexibility index (Phi) is 6.59. The number of benzene rings is 1. The number of amides is 1. The SMILES string of the molecule is CN1CCN(c2ccc(NC(=O)CCCOc3ccc(F)cc3)nc2)CC1. The van der Waals surface area contributed by atoms with Crippen molar-refractivity contribution in [2.75, 3.05) is 50.1 Å². The van der Waals surface area contributed by atoms with Gasteiger partial charge in [-0.2, -0.15) is 0 Å². The molecule has 0 saturated carbocycles. The first-order valence-corrected chi connectivity index (χ1v) is 9.18. The molecule has 144 valence electrons. The summed E-state index contributed by atoms with van der Waals surface area (Å²) < 4.78 is 18.3.